The number of hydrogen-bond acceptors (Lipinski definition) is 7. The van der Waals surface area contributed by atoms with Crippen LogP contribution in [0.1, 0.15) is 5.69 Å². The molecule has 1 aliphatic heterocycles. The Bertz CT molecular complexity index is 1290. The Balaban J connectivity index is 1.69. The van der Waals surface area contributed by atoms with Crippen LogP contribution in [0.5, 0.6) is 11.5 Å². The van der Waals surface area contributed by atoms with Gasteiger partial charge in [0.05, 0.1) is 32.2 Å². The van der Waals surface area contributed by atoms with E-state index in [0.29, 0.717) is 18.0 Å². The first-order valence-corrected chi connectivity index (χ1v) is 11.9. The Morgan fingerprint density at radius 1 is 0.886 bits per heavy atom. The molecule has 1 fully saturated rings. The molecule has 0 atom stereocenters. The van der Waals surface area contributed by atoms with Crippen molar-refractivity contribution < 1.29 is 14.6 Å². The fourth-order valence-electron chi connectivity index (χ4n) is 4.72. The average Bonchev–Trinajstić information content (AvgIpc) is 3.24. The van der Waals surface area contributed by atoms with Gasteiger partial charge in [-0.3, -0.25) is 4.90 Å². The number of rotatable bonds is 7. The van der Waals surface area contributed by atoms with Crippen molar-refractivity contribution in [3.63, 3.8) is 0 Å². The SMILES string of the molecule is COc1cc(OC)cc(-c2cc(N3CCN(CCO)CC3)n3nc(C)c(-c4ccccc4)c3n2)c1. The van der Waals surface area contributed by atoms with Gasteiger partial charge in [0, 0.05) is 56.0 Å². The van der Waals surface area contributed by atoms with Gasteiger partial charge in [0.2, 0.25) is 0 Å². The van der Waals surface area contributed by atoms with E-state index < -0.39 is 0 Å². The number of methoxy groups -OCH3 is 2. The summed E-state index contributed by atoms with van der Waals surface area (Å²) in [6.45, 7) is 6.39. The minimum Gasteiger partial charge on any atom is -0.497 e. The van der Waals surface area contributed by atoms with E-state index in [-0.39, 0.29) is 6.61 Å². The van der Waals surface area contributed by atoms with Crippen LogP contribution in [-0.4, -0.2) is 78.2 Å². The summed E-state index contributed by atoms with van der Waals surface area (Å²) in [6.07, 6.45) is 0. The Hall–Kier alpha value is -3.62. The predicted molar refractivity (Wildman–Crippen MR) is 137 cm³/mol. The highest BCUT2D eigenvalue weighted by Gasteiger charge is 2.23. The van der Waals surface area contributed by atoms with Gasteiger partial charge in [-0.15, -0.1) is 0 Å². The Labute approximate surface area is 205 Å². The molecule has 0 unspecified atom stereocenters. The summed E-state index contributed by atoms with van der Waals surface area (Å²) in [5.41, 5.74) is 5.63. The van der Waals surface area contributed by atoms with Crippen molar-refractivity contribution in [3.05, 3.63) is 60.3 Å². The molecule has 0 saturated carbocycles. The number of aryl methyl sites for hydroxylation is 1. The molecule has 1 N–H and O–H groups in total. The summed E-state index contributed by atoms with van der Waals surface area (Å²) in [7, 11) is 3.31. The lowest BCUT2D eigenvalue weighted by molar-refractivity contribution is 0.188. The number of anilines is 1. The van der Waals surface area contributed by atoms with Crippen molar-refractivity contribution in [2.45, 2.75) is 6.92 Å². The summed E-state index contributed by atoms with van der Waals surface area (Å²) in [5.74, 6) is 2.43. The summed E-state index contributed by atoms with van der Waals surface area (Å²) >= 11 is 0. The summed E-state index contributed by atoms with van der Waals surface area (Å²) in [6, 6.07) is 18.2. The van der Waals surface area contributed by atoms with Crippen molar-refractivity contribution >= 4 is 11.5 Å². The molecule has 2 aromatic carbocycles. The van der Waals surface area contributed by atoms with E-state index in [9.17, 15) is 5.11 Å². The minimum absolute atomic E-state index is 0.181. The molecule has 0 amide bonds. The number of β-amino-alcohol motifs (C(OH)–C–C–N with tert-alkyl or cyclic N) is 1. The van der Waals surface area contributed by atoms with Crippen molar-refractivity contribution in [1.29, 1.82) is 0 Å². The highest BCUT2D eigenvalue weighted by Crippen LogP contribution is 2.35. The quantitative estimate of drug-likeness (QED) is 0.440. The van der Waals surface area contributed by atoms with Crippen LogP contribution in [0.2, 0.25) is 0 Å². The van der Waals surface area contributed by atoms with Crippen molar-refractivity contribution in [1.82, 2.24) is 19.5 Å². The molecule has 3 heterocycles. The van der Waals surface area contributed by atoms with Gasteiger partial charge in [-0.05, 0) is 24.6 Å². The van der Waals surface area contributed by atoms with Gasteiger partial charge in [0.15, 0.2) is 5.65 Å². The molecule has 0 bridgehead atoms. The second kappa shape index (κ2) is 9.93. The monoisotopic (exact) mass is 473 g/mol. The number of nitrogens with zero attached hydrogens (tertiary/aromatic N) is 5. The van der Waals surface area contributed by atoms with Crippen LogP contribution in [0.3, 0.4) is 0 Å². The van der Waals surface area contributed by atoms with E-state index in [1.54, 1.807) is 14.2 Å². The first-order chi connectivity index (χ1) is 17.1. The number of fused-ring (bicyclic) bond motifs is 1. The standard InChI is InChI=1S/C27H31N5O3/c1-19-26(20-7-5-4-6-8-20)27-28-24(21-15-22(34-2)17-23(16-21)35-3)18-25(32(27)29-19)31-11-9-30(10-12-31)13-14-33/h4-8,15-18,33H,9-14H2,1-3H3. The number of ether oxygens (including phenoxy) is 2. The largest absolute Gasteiger partial charge is 0.497 e. The van der Waals surface area contributed by atoms with E-state index in [1.807, 2.05) is 47.8 Å². The Morgan fingerprint density at radius 3 is 2.20 bits per heavy atom. The van der Waals surface area contributed by atoms with E-state index in [0.717, 1.165) is 65.7 Å². The van der Waals surface area contributed by atoms with Crippen LogP contribution in [0.4, 0.5) is 5.82 Å². The lowest BCUT2D eigenvalue weighted by Crippen LogP contribution is -2.47. The third-order valence-electron chi connectivity index (χ3n) is 6.57. The average molecular weight is 474 g/mol. The highest BCUT2D eigenvalue weighted by atomic mass is 16.5. The fourth-order valence-corrected chi connectivity index (χ4v) is 4.72. The summed E-state index contributed by atoms with van der Waals surface area (Å²) in [4.78, 5) is 9.75. The molecular weight excluding hydrogens is 442 g/mol. The Kier molecular flexibility index (Phi) is 6.57. The zero-order valence-electron chi connectivity index (χ0n) is 20.4. The third-order valence-corrected chi connectivity index (χ3v) is 6.57. The second-order valence-corrected chi connectivity index (χ2v) is 8.72. The van der Waals surface area contributed by atoms with Crippen molar-refractivity contribution in [3.8, 4) is 33.9 Å². The van der Waals surface area contributed by atoms with Gasteiger partial charge in [-0.25, -0.2) is 4.98 Å². The van der Waals surface area contributed by atoms with E-state index in [2.05, 4.69) is 28.0 Å². The number of aliphatic hydroxyl groups is 1. The number of hydrogen-bond donors (Lipinski definition) is 1. The molecule has 8 heteroatoms. The van der Waals surface area contributed by atoms with E-state index >= 15 is 0 Å². The second-order valence-electron chi connectivity index (χ2n) is 8.72. The molecule has 0 spiro atoms. The summed E-state index contributed by atoms with van der Waals surface area (Å²) in [5, 5.41) is 14.3. The van der Waals surface area contributed by atoms with Crippen LogP contribution in [0.15, 0.2) is 54.6 Å². The molecule has 1 aliphatic rings. The molecule has 1 saturated heterocycles. The van der Waals surface area contributed by atoms with Gasteiger partial charge in [0.1, 0.15) is 17.3 Å². The van der Waals surface area contributed by atoms with Crippen LogP contribution < -0.4 is 14.4 Å². The lowest BCUT2D eigenvalue weighted by Gasteiger charge is -2.35. The first-order valence-electron chi connectivity index (χ1n) is 11.9. The lowest BCUT2D eigenvalue weighted by atomic mass is 10.1. The molecule has 2 aromatic heterocycles. The number of aromatic nitrogens is 3. The molecule has 0 aliphatic carbocycles. The maximum absolute atomic E-state index is 9.33. The first kappa shape index (κ1) is 23.1. The topological polar surface area (TPSA) is 75.4 Å². The fraction of sp³-hybridized carbons (Fsp3) is 0.333. The van der Waals surface area contributed by atoms with Crippen LogP contribution in [-0.2, 0) is 0 Å². The van der Waals surface area contributed by atoms with E-state index in [4.69, 9.17) is 19.6 Å². The van der Waals surface area contributed by atoms with Crippen LogP contribution in [0, 0.1) is 6.92 Å². The molecule has 35 heavy (non-hydrogen) atoms. The summed E-state index contributed by atoms with van der Waals surface area (Å²) < 4.78 is 13.0. The van der Waals surface area contributed by atoms with Gasteiger partial charge >= 0.3 is 0 Å². The van der Waals surface area contributed by atoms with Gasteiger partial charge < -0.3 is 19.5 Å². The molecular formula is C27H31N5O3. The maximum Gasteiger partial charge on any atom is 0.166 e. The van der Waals surface area contributed by atoms with E-state index in [1.165, 1.54) is 0 Å². The molecule has 4 aromatic rings. The number of aliphatic hydroxyl groups excluding tert-OH is 1. The smallest absolute Gasteiger partial charge is 0.166 e. The Morgan fingerprint density at radius 2 is 1.57 bits per heavy atom. The third kappa shape index (κ3) is 4.54. The zero-order chi connectivity index (χ0) is 24.4. The normalized spacial score (nSPS) is 14.5. The van der Waals surface area contributed by atoms with Crippen LogP contribution in [0.25, 0.3) is 28.0 Å². The molecule has 0 radical (unpaired) electrons. The van der Waals surface area contributed by atoms with Gasteiger partial charge in [-0.1, -0.05) is 30.3 Å². The van der Waals surface area contributed by atoms with Gasteiger partial charge in [-0.2, -0.15) is 9.61 Å². The highest BCUT2D eigenvalue weighted by molar-refractivity contribution is 5.83. The minimum atomic E-state index is 0.181. The molecule has 8 nitrogen and oxygen atoms in total. The van der Waals surface area contributed by atoms with Crippen molar-refractivity contribution in [2.24, 2.45) is 0 Å². The van der Waals surface area contributed by atoms with Gasteiger partial charge in [0.25, 0.3) is 0 Å². The number of benzene rings is 2. The molecule has 5 rings (SSSR count). The molecule has 182 valence electrons. The van der Waals surface area contributed by atoms with Crippen LogP contribution >= 0.6 is 0 Å². The number of piperazine rings is 1. The van der Waals surface area contributed by atoms with Crippen molar-refractivity contribution in [2.75, 3.05) is 58.5 Å². The predicted octanol–water partition coefficient (Wildman–Crippen LogP) is 3.50. The zero-order valence-corrected chi connectivity index (χ0v) is 20.4. The maximum atomic E-state index is 9.33.